The Hall–Kier alpha value is -2.45. The van der Waals surface area contributed by atoms with Gasteiger partial charge in [-0.05, 0) is 42.8 Å². The number of hydrogen-bond acceptors (Lipinski definition) is 7. The molecular formula is C17H16ClN3O4S. The second kappa shape index (κ2) is 8.29. The summed E-state index contributed by atoms with van der Waals surface area (Å²) in [7, 11) is 1.31. The fraction of sp³-hybridized carbons (Fsp3) is 0.235. The van der Waals surface area contributed by atoms with Crippen molar-refractivity contribution in [3.63, 3.8) is 0 Å². The molecule has 0 saturated heterocycles. The number of esters is 1. The number of aryl methyl sites for hydroxylation is 1. The van der Waals surface area contributed by atoms with Crippen molar-refractivity contribution in [2.45, 2.75) is 24.4 Å². The predicted molar refractivity (Wildman–Crippen MR) is 96.5 cm³/mol. The summed E-state index contributed by atoms with van der Waals surface area (Å²) in [5, 5.41) is 8.22. The highest BCUT2D eigenvalue weighted by molar-refractivity contribution is 7.98. The van der Waals surface area contributed by atoms with Crippen molar-refractivity contribution in [3.8, 4) is 5.75 Å². The normalized spacial score (nSPS) is 10.7. The summed E-state index contributed by atoms with van der Waals surface area (Å²) < 4.78 is 15.7. The number of H-pyrrole nitrogens is 1. The van der Waals surface area contributed by atoms with Gasteiger partial charge in [0, 0.05) is 5.02 Å². The molecule has 3 rings (SSSR count). The zero-order valence-corrected chi connectivity index (χ0v) is 15.7. The molecule has 3 aromatic rings. The van der Waals surface area contributed by atoms with Crippen LogP contribution in [0.2, 0.25) is 5.02 Å². The molecule has 0 aliphatic carbocycles. The number of methoxy groups -OCH3 is 1. The number of aromatic nitrogens is 3. The second-order valence-corrected chi connectivity index (χ2v) is 6.66. The molecule has 9 heteroatoms. The maximum absolute atomic E-state index is 11.4. The number of nitrogens with one attached hydrogen (secondary N) is 1. The van der Waals surface area contributed by atoms with Gasteiger partial charge in [0.15, 0.2) is 5.82 Å². The summed E-state index contributed by atoms with van der Waals surface area (Å²) in [6.07, 6.45) is 0. The molecule has 0 saturated carbocycles. The number of carbonyl (C=O) groups is 1. The number of hydrogen-bond donors (Lipinski definition) is 1. The lowest BCUT2D eigenvalue weighted by Gasteiger charge is -2.05. The van der Waals surface area contributed by atoms with E-state index in [1.165, 1.54) is 18.9 Å². The number of rotatable bonds is 7. The first-order chi connectivity index (χ1) is 12.5. The van der Waals surface area contributed by atoms with Crippen molar-refractivity contribution in [1.82, 2.24) is 15.2 Å². The van der Waals surface area contributed by atoms with Crippen molar-refractivity contribution >= 4 is 29.3 Å². The number of halogens is 1. The fourth-order valence-electron chi connectivity index (χ4n) is 2.07. The first-order valence-electron chi connectivity index (χ1n) is 7.65. The van der Waals surface area contributed by atoms with Gasteiger partial charge in [-0.1, -0.05) is 23.4 Å². The van der Waals surface area contributed by atoms with E-state index >= 15 is 0 Å². The van der Waals surface area contributed by atoms with Crippen LogP contribution < -0.4 is 4.74 Å². The third-order valence-electron chi connectivity index (χ3n) is 3.41. The molecule has 1 N–H and O–H groups in total. The standard InChI is InChI=1S/C17H16ClN3O4S/c1-10-7-11(3-5-13(10)18)24-8-15-19-17(21-20-15)26-9-12-4-6-14(25-12)16(22)23-2/h3-7H,8-9H2,1-2H3,(H,19,20,21). The molecule has 0 aliphatic heterocycles. The Balaban J connectivity index is 1.52. The lowest BCUT2D eigenvalue weighted by molar-refractivity contribution is 0.0563. The van der Waals surface area contributed by atoms with Gasteiger partial charge in [0.25, 0.3) is 0 Å². The molecule has 0 radical (unpaired) electrons. The summed E-state index contributed by atoms with van der Waals surface area (Å²) >= 11 is 7.37. The quantitative estimate of drug-likeness (QED) is 0.479. The van der Waals surface area contributed by atoms with Crippen molar-refractivity contribution < 1.29 is 18.7 Å². The molecule has 0 unspecified atom stereocenters. The molecule has 26 heavy (non-hydrogen) atoms. The van der Waals surface area contributed by atoms with E-state index in [-0.39, 0.29) is 12.4 Å². The van der Waals surface area contributed by atoms with Gasteiger partial charge >= 0.3 is 5.97 Å². The minimum atomic E-state index is -0.504. The summed E-state index contributed by atoms with van der Waals surface area (Å²) in [6, 6.07) is 8.76. The third kappa shape index (κ3) is 4.59. The van der Waals surface area contributed by atoms with Crippen molar-refractivity contribution in [2.75, 3.05) is 7.11 Å². The number of carbonyl (C=O) groups excluding carboxylic acids is 1. The van der Waals surface area contributed by atoms with Crippen LogP contribution in [0, 0.1) is 6.92 Å². The average molecular weight is 394 g/mol. The number of furan rings is 1. The maximum Gasteiger partial charge on any atom is 0.373 e. The van der Waals surface area contributed by atoms with E-state index in [0.717, 1.165) is 5.56 Å². The van der Waals surface area contributed by atoms with E-state index in [1.54, 1.807) is 24.3 Å². The van der Waals surface area contributed by atoms with E-state index in [2.05, 4.69) is 19.9 Å². The van der Waals surface area contributed by atoms with Crippen molar-refractivity contribution in [2.24, 2.45) is 0 Å². The van der Waals surface area contributed by atoms with Gasteiger partial charge in [0.1, 0.15) is 18.1 Å². The van der Waals surface area contributed by atoms with Crippen LogP contribution in [0.3, 0.4) is 0 Å². The van der Waals surface area contributed by atoms with Crippen LogP contribution in [0.25, 0.3) is 0 Å². The van der Waals surface area contributed by atoms with Crippen LogP contribution in [0.4, 0.5) is 0 Å². The topological polar surface area (TPSA) is 90.2 Å². The Morgan fingerprint density at radius 3 is 2.96 bits per heavy atom. The number of thioether (sulfide) groups is 1. The molecule has 0 atom stereocenters. The SMILES string of the molecule is COC(=O)c1ccc(CSc2n[nH]c(COc3ccc(Cl)c(C)c3)n2)o1. The van der Waals surface area contributed by atoms with Gasteiger partial charge in [-0.15, -0.1) is 5.10 Å². The highest BCUT2D eigenvalue weighted by atomic mass is 35.5. The highest BCUT2D eigenvalue weighted by Crippen LogP contribution is 2.23. The zero-order valence-electron chi connectivity index (χ0n) is 14.1. The number of benzene rings is 1. The van der Waals surface area contributed by atoms with Crippen molar-refractivity contribution in [1.29, 1.82) is 0 Å². The van der Waals surface area contributed by atoms with Crippen molar-refractivity contribution in [3.05, 3.63) is 58.3 Å². The van der Waals surface area contributed by atoms with E-state index in [4.69, 9.17) is 20.8 Å². The number of aromatic amines is 1. The minimum Gasteiger partial charge on any atom is -0.486 e. The van der Waals surface area contributed by atoms with Gasteiger partial charge in [0.05, 0.1) is 12.9 Å². The lowest BCUT2D eigenvalue weighted by atomic mass is 10.2. The molecule has 2 heterocycles. The summed E-state index contributed by atoms with van der Waals surface area (Å²) in [6.45, 7) is 2.18. The molecule has 0 spiro atoms. The van der Waals surface area contributed by atoms with E-state index in [1.807, 2.05) is 13.0 Å². The molecule has 1 aromatic carbocycles. The molecule has 0 amide bonds. The summed E-state index contributed by atoms with van der Waals surface area (Å²) in [5.74, 6) is 2.11. The first kappa shape index (κ1) is 18.3. The van der Waals surface area contributed by atoms with Crippen LogP contribution in [0.1, 0.15) is 27.7 Å². The Bertz CT molecular complexity index is 909. The zero-order chi connectivity index (χ0) is 18.5. The summed E-state index contributed by atoms with van der Waals surface area (Å²) in [4.78, 5) is 15.7. The largest absolute Gasteiger partial charge is 0.486 e. The minimum absolute atomic E-state index is 0.172. The van der Waals surface area contributed by atoms with Crippen LogP contribution >= 0.6 is 23.4 Å². The molecular weight excluding hydrogens is 378 g/mol. The molecule has 2 aromatic heterocycles. The molecule has 0 fully saturated rings. The van der Waals surface area contributed by atoms with Crippen LogP contribution in [-0.4, -0.2) is 28.3 Å². The van der Waals surface area contributed by atoms with Crippen LogP contribution in [0.5, 0.6) is 5.75 Å². The van der Waals surface area contributed by atoms with Gasteiger partial charge in [0.2, 0.25) is 10.9 Å². The number of nitrogens with zero attached hydrogens (tertiary/aromatic N) is 2. The second-order valence-electron chi connectivity index (χ2n) is 5.31. The first-order valence-corrected chi connectivity index (χ1v) is 9.01. The monoisotopic (exact) mass is 393 g/mol. The Morgan fingerprint density at radius 1 is 1.35 bits per heavy atom. The van der Waals surface area contributed by atoms with E-state index in [9.17, 15) is 4.79 Å². The lowest BCUT2D eigenvalue weighted by Crippen LogP contribution is -1.98. The molecule has 136 valence electrons. The van der Waals surface area contributed by atoms with Gasteiger partial charge in [-0.3, -0.25) is 5.10 Å². The highest BCUT2D eigenvalue weighted by Gasteiger charge is 2.12. The molecule has 7 nitrogen and oxygen atoms in total. The van der Waals surface area contributed by atoms with Crippen LogP contribution in [0.15, 0.2) is 39.9 Å². The maximum atomic E-state index is 11.4. The fourth-order valence-corrected chi connectivity index (χ4v) is 2.90. The van der Waals surface area contributed by atoms with E-state index in [0.29, 0.717) is 33.3 Å². The van der Waals surface area contributed by atoms with Gasteiger partial charge in [-0.2, -0.15) is 0 Å². The Kier molecular flexibility index (Phi) is 5.85. The van der Waals surface area contributed by atoms with Crippen LogP contribution in [-0.2, 0) is 17.1 Å². The smallest absolute Gasteiger partial charge is 0.373 e. The Morgan fingerprint density at radius 2 is 2.19 bits per heavy atom. The van der Waals surface area contributed by atoms with Gasteiger partial charge < -0.3 is 13.9 Å². The third-order valence-corrected chi connectivity index (χ3v) is 4.70. The molecule has 0 aliphatic rings. The van der Waals surface area contributed by atoms with E-state index < -0.39 is 5.97 Å². The summed E-state index contributed by atoms with van der Waals surface area (Å²) in [5.41, 5.74) is 0.947. The predicted octanol–water partition coefficient (Wildman–Crippen LogP) is 4.02. The molecule has 0 bridgehead atoms. The number of ether oxygens (including phenoxy) is 2. The average Bonchev–Trinajstić information content (AvgIpc) is 3.29. The Labute approximate surface area is 159 Å². The van der Waals surface area contributed by atoms with Gasteiger partial charge in [-0.25, -0.2) is 9.78 Å².